The summed E-state index contributed by atoms with van der Waals surface area (Å²) >= 11 is 0. The zero-order valence-electron chi connectivity index (χ0n) is 38.3. The minimum absolute atomic E-state index is 0.527. The molecule has 0 bridgehead atoms. The summed E-state index contributed by atoms with van der Waals surface area (Å²) in [6.45, 7) is 0. The zero-order valence-corrected chi connectivity index (χ0v) is 38.3. The lowest BCUT2D eigenvalue weighted by Crippen LogP contribution is -2.33. The Morgan fingerprint density at radius 2 is 0.843 bits per heavy atom. The van der Waals surface area contributed by atoms with E-state index < -0.39 is 10.8 Å². The van der Waals surface area contributed by atoms with Crippen molar-refractivity contribution in [1.82, 2.24) is 4.57 Å². The largest absolute Gasteiger partial charge is 0.309 e. The van der Waals surface area contributed by atoms with Gasteiger partial charge >= 0.3 is 0 Å². The van der Waals surface area contributed by atoms with E-state index >= 15 is 0 Å². The van der Waals surface area contributed by atoms with Crippen LogP contribution in [0.4, 0.5) is 17.1 Å². The Kier molecular flexibility index (Phi) is 8.24. The molecular formula is C68H44N2. The first kappa shape index (κ1) is 39.1. The number of para-hydroxylation sites is 5. The zero-order chi connectivity index (χ0) is 46.0. The lowest BCUT2D eigenvalue weighted by atomic mass is 9.65. The summed E-state index contributed by atoms with van der Waals surface area (Å²) in [5.41, 5.74) is 23.8. The lowest BCUT2D eigenvalue weighted by Gasteiger charge is -2.39. The maximum absolute atomic E-state index is 2.53. The van der Waals surface area contributed by atoms with Crippen LogP contribution in [-0.4, -0.2) is 4.57 Å². The van der Waals surface area contributed by atoms with E-state index in [0.717, 1.165) is 22.6 Å². The fraction of sp³-hybridized carbons (Fsp3) is 0.0294. The van der Waals surface area contributed by atoms with Gasteiger partial charge in [0.1, 0.15) is 0 Å². The average molecular weight is 889 g/mol. The van der Waals surface area contributed by atoms with Gasteiger partial charge in [-0.2, -0.15) is 0 Å². The molecular weight excluding hydrogens is 845 g/mol. The number of hydrogen-bond acceptors (Lipinski definition) is 1. The minimum atomic E-state index is -0.557. The molecule has 70 heavy (non-hydrogen) atoms. The summed E-state index contributed by atoms with van der Waals surface area (Å²) in [5, 5.41) is 2.56. The van der Waals surface area contributed by atoms with Crippen molar-refractivity contribution < 1.29 is 0 Å². The minimum Gasteiger partial charge on any atom is -0.309 e. The average Bonchev–Trinajstić information content (AvgIpc) is 4.05. The van der Waals surface area contributed by atoms with Gasteiger partial charge in [-0.25, -0.2) is 0 Å². The number of hydrogen-bond donors (Lipinski definition) is 0. The van der Waals surface area contributed by atoms with Crippen LogP contribution in [0, 0.1) is 0 Å². The first-order valence-electron chi connectivity index (χ1n) is 24.4. The molecule has 1 spiro atoms. The molecule has 12 aromatic rings. The summed E-state index contributed by atoms with van der Waals surface area (Å²) in [6, 6.07) is 99.8. The SMILES string of the molecule is c1ccc(N(c2ccccc2-c2ccc3c(c2)C2(c4ccccc4-3)c3ccccc3-n3c4ccccc4c4cccc2c43)c2cccc3c2-c2ccccc2C3(c2ccccc2)c2ccccc2)cc1. The molecule has 0 N–H and O–H groups in total. The molecule has 0 radical (unpaired) electrons. The van der Waals surface area contributed by atoms with Gasteiger partial charge in [0.2, 0.25) is 0 Å². The third-order valence-electron chi connectivity index (χ3n) is 15.9. The molecule has 2 aliphatic carbocycles. The maximum Gasteiger partial charge on any atom is 0.0754 e. The van der Waals surface area contributed by atoms with E-state index in [4.69, 9.17) is 0 Å². The van der Waals surface area contributed by atoms with Gasteiger partial charge in [0.15, 0.2) is 0 Å². The third-order valence-corrected chi connectivity index (χ3v) is 15.9. The van der Waals surface area contributed by atoms with Crippen molar-refractivity contribution in [1.29, 1.82) is 0 Å². The van der Waals surface area contributed by atoms with Gasteiger partial charge in [-0.15, -0.1) is 0 Å². The molecule has 15 rings (SSSR count). The van der Waals surface area contributed by atoms with E-state index in [0.29, 0.717) is 0 Å². The van der Waals surface area contributed by atoms with Crippen molar-refractivity contribution in [2.45, 2.75) is 10.8 Å². The summed E-state index contributed by atoms with van der Waals surface area (Å²) in [5.74, 6) is 0. The molecule has 1 aliphatic heterocycles. The fourth-order valence-corrected chi connectivity index (χ4v) is 13.3. The molecule has 0 saturated carbocycles. The number of aromatic nitrogens is 1. The highest BCUT2D eigenvalue weighted by Gasteiger charge is 2.51. The second kappa shape index (κ2) is 14.8. The van der Waals surface area contributed by atoms with Gasteiger partial charge in [-0.1, -0.05) is 224 Å². The quantitative estimate of drug-likeness (QED) is 0.161. The van der Waals surface area contributed by atoms with Gasteiger partial charge in [0.05, 0.1) is 38.9 Å². The van der Waals surface area contributed by atoms with Gasteiger partial charge < -0.3 is 9.47 Å². The number of nitrogens with zero attached hydrogens (tertiary/aromatic N) is 2. The monoisotopic (exact) mass is 888 g/mol. The molecule has 2 heteroatoms. The number of anilines is 3. The predicted molar refractivity (Wildman–Crippen MR) is 289 cm³/mol. The Hall–Kier alpha value is -8.98. The molecule has 1 atom stereocenters. The number of fused-ring (bicyclic) bond motifs is 15. The predicted octanol–water partition coefficient (Wildman–Crippen LogP) is 17.0. The van der Waals surface area contributed by atoms with Crippen LogP contribution >= 0.6 is 0 Å². The standard InChI is InChI=1S/C68H44N2/c1-4-22-46(23-5-1)67(47-24-6-2-7-25-47)56-34-15-11-31-54(56)65-58(67)36-21-41-64(65)69(48-26-8-3-9-27-48)61-38-17-12-28-49(61)45-42-43-51-50-29-10-14-33-55(50)68(60(51)44-45)57-35-16-19-40-63(57)70-62-39-18-13-30-52(62)53-32-20-37-59(68)66(53)70/h1-44H. The second-order valence-electron chi connectivity index (χ2n) is 19.0. The highest BCUT2D eigenvalue weighted by molar-refractivity contribution is 6.13. The molecule has 0 fully saturated rings. The third kappa shape index (κ3) is 5.02. The van der Waals surface area contributed by atoms with Gasteiger partial charge in [0.25, 0.3) is 0 Å². The number of benzene rings is 11. The van der Waals surface area contributed by atoms with Crippen molar-refractivity contribution in [2.24, 2.45) is 0 Å². The van der Waals surface area contributed by atoms with Gasteiger partial charge in [0, 0.05) is 27.6 Å². The van der Waals surface area contributed by atoms with Gasteiger partial charge in [-0.05, 0) is 109 Å². The highest BCUT2D eigenvalue weighted by atomic mass is 15.1. The van der Waals surface area contributed by atoms with Crippen LogP contribution in [0.3, 0.4) is 0 Å². The summed E-state index contributed by atoms with van der Waals surface area (Å²) in [6.07, 6.45) is 0. The van der Waals surface area contributed by atoms with Crippen LogP contribution in [0.2, 0.25) is 0 Å². The Bertz CT molecular complexity index is 4030. The van der Waals surface area contributed by atoms with Crippen molar-refractivity contribution >= 4 is 38.9 Å². The molecule has 2 nitrogen and oxygen atoms in total. The summed E-state index contributed by atoms with van der Waals surface area (Å²) in [7, 11) is 0. The maximum atomic E-state index is 2.53. The normalized spacial score (nSPS) is 15.3. The molecule has 326 valence electrons. The lowest BCUT2D eigenvalue weighted by molar-refractivity contribution is 0.749. The van der Waals surface area contributed by atoms with Crippen molar-refractivity contribution in [3.05, 3.63) is 311 Å². The highest BCUT2D eigenvalue weighted by Crippen LogP contribution is 2.63. The van der Waals surface area contributed by atoms with Crippen LogP contribution in [0.1, 0.15) is 44.5 Å². The smallest absolute Gasteiger partial charge is 0.0754 e. The van der Waals surface area contributed by atoms with Crippen molar-refractivity contribution in [3.63, 3.8) is 0 Å². The van der Waals surface area contributed by atoms with Crippen LogP contribution in [0.25, 0.3) is 60.9 Å². The van der Waals surface area contributed by atoms with E-state index in [1.165, 1.54) is 99.8 Å². The topological polar surface area (TPSA) is 8.17 Å². The number of rotatable bonds is 6. The van der Waals surface area contributed by atoms with E-state index in [-0.39, 0.29) is 0 Å². The molecule has 0 saturated heterocycles. The Morgan fingerprint density at radius 1 is 0.314 bits per heavy atom. The van der Waals surface area contributed by atoms with Gasteiger partial charge in [-0.3, -0.25) is 0 Å². The van der Waals surface area contributed by atoms with E-state index in [1.807, 2.05) is 0 Å². The van der Waals surface area contributed by atoms with Crippen LogP contribution < -0.4 is 4.90 Å². The van der Waals surface area contributed by atoms with Crippen LogP contribution in [0.5, 0.6) is 0 Å². The summed E-state index contributed by atoms with van der Waals surface area (Å²) < 4.78 is 2.53. The van der Waals surface area contributed by atoms with Crippen molar-refractivity contribution in [2.75, 3.05) is 4.90 Å². The Labute approximate surface area is 407 Å². The first-order valence-corrected chi connectivity index (χ1v) is 24.4. The first-order chi connectivity index (χ1) is 34.8. The van der Waals surface area contributed by atoms with Crippen molar-refractivity contribution in [3.8, 4) is 39.1 Å². The van der Waals surface area contributed by atoms with E-state index in [2.05, 4.69) is 276 Å². The summed E-state index contributed by atoms with van der Waals surface area (Å²) in [4.78, 5) is 2.52. The molecule has 3 aliphatic rings. The van der Waals surface area contributed by atoms with E-state index in [1.54, 1.807) is 0 Å². The molecule has 11 aromatic carbocycles. The molecule has 1 unspecified atom stereocenters. The van der Waals surface area contributed by atoms with Crippen LogP contribution in [-0.2, 0) is 10.8 Å². The molecule has 2 heterocycles. The van der Waals surface area contributed by atoms with E-state index in [9.17, 15) is 0 Å². The Morgan fingerprint density at radius 3 is 1.61 bits per heavy atom. The second-order valence-corrected chi connectivity index (χ2v) is 19.0. The van der Waals surface area contributed by atoms with Crippen LogP contribution in [0.15, 0.2) is 267 Å². The fourth-order valence-electron chi connectivity index (χ4n) is 13.3. The molecule has 0 amide bonds. The molecule has 1 aromatic heterocycles. The Balaban J connectivity index is 0.996.